The Labute approximate surface area is 125 Å². The van der Waals surface area contributed by atoms with Crippen LogP contribution in [0.15, 0.2) is 42.6 Å². The van der Waals surface area contributed by atoms with Crippen molar-refractivity contribution < 1.29 is 9.50 Å². The molecule has 0 aliphatic rings. The summed E-state index contributed by atoms with van der Waals surface area (Å²) in [5.74, 6) is -0.392. The first-order valence-corrected chi connectivity index (χ1v) is 7.20. The van der Waals surface area contributed by atoms with Crippen molar-refractivity contribution in [1.29, 1.82) is 0 Å². The van der Waals surface area contributed by atoms with E-state index in [4.69, 9.17) is 0 Å². The fraction of sp³-hybridized carbons (Fsp3) is 0.267. The molecule has 0 amide bonds. The predicted molar refractivity (Wildman–Crippen MR) is 81.2 cm³/mol. The summed E-state index contributed by atoms with van der Waals surface area (Å²) in [4.78, 5) is 4.01. The lowest BCUT2D eigenvalue weighted by Crippen LogP contribution is -2.29. The average molecular weight is 371 g/mol. The molecular weight excluding hydrogens is 356 g/mol. The number of aromatic nitrogens is 1. The molecule has 0 aliphatic carbocycles. The second-order valence-corrected chi connectivity index (χ2v) is 5.80. The van der Waals surface area contributed by atoms with Crippen LogP contribution >= 0.6 is 22.6 Å². The van der Waals surface area contributed by atoms with Gasteiger partial charge >= 0.3 is 0 Å². The van der Waals surface area contributed by atoms with Crippen LogP contribution in [-0.2, 0) is 12.0 Å². The van der Waals surface area contributed by atoms with Gasteiger partial charge < -0.3 is 5.11 Å². The third kappa shape index (κ3) is 3.51. The summed E-state index contributed by atoms with van der Waals surface area (Å²) in [6.07, 6.45) is 2.14. The van der Waals surface area contributed by atoms with Gasteiger partial charge in [0.2, 0.25) is 0 Å². The molecule has 2 rings (SSSR count). The summed E-state index contributed by atoms with van der Waals surface area (Å²) in [5.41, 5.74) is 0.492. The molecule has 100 valence electrons. The molecule has 0 bridgehead atoms. The van der Waals surface area contributed by atoms with Gasteiger partial charge in [0.05, 0.1) is 11.9 Å². The zero-order valence-electron chi connectivity index (χ0n) is 10.6. The minimum atomic E-state index is -1.06. The van der Waals surface area contributed by atoms with Crippen molar-refractivity contribution >= 4 is 22.6 Å². The van der Waals surface area contributed by atoms with Crippen molar-refractivity contribution in [2.24, 2.45) is 0 Å². The van der Waals surface area contributed by atoms with Gasteiger partial charge in [-0.1, -0.05) is 19.1 Å². The van der Waals surface area contributed by atoms with E-state index in [0.29, 0.717) is 18.5 Å². The molecule has 1 N–H and O–H groups in total. The van der Waals surface area contributed by atoms with Crippen molar-refractivity contribution in [3.8, 4) is 0 Å². The minimum Gasteiger partial charge on any atom is -0.383 e. The Balaban J connectivity index is 2.27. The lowest BCUT2D eigenvalue weighted by molar-refractivity contribution is 0.0282. The van der Waals surface area contributed by atoms with E-state index in [1.807, 2.05) is 31.2 Å². The molecule has 1 unspecified atom stereocenters. The molecule has 0 aliphatic heterocycles. The van der Waals surface area contributed by atoms with Crippen LogP contribution < -0.4 is 0 Å². The van der Waals surface area contributed by atoms with Crippen molar-refractivity contribution in [3.05, 3.63) is 63.2 Å². The van der Waals surface area contributed by atoms with E-state index in [1.165, 1.54) is 6.07 Å². The number of benzene rings is 1. The van der Waals surface area contributed by atoms with E-state index in [9.17, 15) is 9.50 Å². The topological polar surface area (TPSA) is 33.1 Å². The van der Waals surface area contributed by atoms with Crippen LogP contribution in [0.3, 0.4) is 0 Å². The molecular formula is C15H15FINO. The SMILES string of the molecule is CCC(O)(Cc1ccc(I)cc1)c1ccc(F)cn1. The highest BCUT2D eigenvalue weighted by molar-refractivity contribution is 14.1. The molecule has 1 atom stereocenters. The number of halogens is 2. The second kappa shape index (κ2) is 5.96. The van der Waals surface area contributed by atoms with E-state index in [1.54, 1.807) is 6.07 Å². The summed E-state index contributed by atoms with van der Waals surface area (Å²) < 4.78 is 14.1. The zero-order chi connectivity index (χ0) is 13.9. The lowest BCUT2D eigenvalue weighted by atomic mass is 9.88. The smallest absolute Gasteiger partial charge is 0.141 e. The summed E-state index contributed by atoms with van der Waals surface area (Å²) in [6.45, 7) is 1.90. The van der Waals surface area contributed by atoms with Crippen LogP contribution in [-0.4, -0.2) is 10.1 Å². The van der Waals surface area contributed by atoms with Crippen molar-refractivity contribution in [2.75, 3.05) is 0 Å². The van der Waals surface area contributed by atoms with Gasteiger partial charge in [-0.15, -0.1) is 0 Å². The number of rotatable bonds is 4. The highest BCUT2D eigenvalue weighted by Crippen LogP contribution is 2.28. The monoisotopic (exact) mass is 371 g/mol. The van der Waals surface area contributed by atoms with Gasteiger partial charge in [-0.25, -0.2) is 4.39 Å². The number of aliphatic hydroxyl groups is 1. The molecule has 2 nitrogen and oxygen atoms in total. The van der Waals surface area contributed by atoms with Crippen LogP contribution in [0.2, 0.25) is 0 Å². The lowest BCUT2D eigenvalue weighted by Gasteiger charge is -2.26. The third-order valence-electron chi connectivity index (χ3n) is 3.20. The maximum atomic E-state index is 12.9. The van der Waals surface area contributed by atoms with Crippen molar-refractivity contribution in [1.82, 2.24) is 4.98 Å². The standard InChI is InChI=1S/C15H15FINO/c1-2-15(19,14-8-5-12(16)10-18-14)9-11-3-6-13(17)7-4-11/h3-8,10,19H,2,9H2,1H3. The molecule has 19 heavy (non-hydrogen) atoms. The highest BCUT2D eigenvalue weighted by atomic mass is 127. The molecule has 0 radical (unpaired) electrons. The predicted octanol–water partition coefficient (Wildman–Crippen LogP) is 3.67. The Morgan fingerprint density at radius 2 is 1.89 bits per heavy atom. The van der Waals surface area contributed by atoms with Crippen molar-refractivity contribution in [2.45, 2.75) is 25.4 Å². The molecule has 4 heteroatoms. The van der Waals surface area contributed by atoms with Gasteiger partial charge in [0.25, 0.3) is 0 Å². The van der Waals surface area contributed by atoms with E-state index >= 15 is 0 Å². The fourth-order valence-electron chi connectivity index (χ4n) is 1.99. The molecule has 0 saturated carbocycles. The van der Waals surface area contributed by atoms with Crippen LogP contribution in [0.1, 0.15) is 24.6 Å². The van der Waals surface area contributed by atoms with Gasteiger partial charge in [0.1, 0.15) is 11.4 Å². The normalized spacial score (nSPS) is 14.1. The first-order chi connectivity index (χ1) is 9.03. The number of hydrogen-bond donors (Lipinski definition) is 1. The molecule has 0 fully saturated rings. The molecule has 0 spiro atoms. The zero-order valence-corrected chi connectivity index (χ0v) is 12.8. The average Bonchev–Trinajstić information content (AvgIpc) is 2.42. The second-order valence-electron chi connectivity index (χ2n) is 4.55. The first kappa shape index (κ1) is 14.4. The molecule has 1 heterocycles. The van der Waals surface area contributed by atoms with E-state index in [0.717, 1.165) is 15.3 Å². The molecule has 2 aromatic rings. The van der Waals surface area contributed by atoms with Gasteiger partial charge in [0.15, 0.2) is 0 Å². The first-order valence-electron chi connectivity index (χ1n) is 6.12. The minimum absolute atomic E-state index is 0.392. The maximum absolute atomic E-state index is 12.9. The highest BCUT2D eigenvalue weighted by Gasteiger charge is 2.29. The summed E-state index contributed by atoms with van der Waals surface area (Å²) in [5, 5.41) is 10.7. The van der Waals surface area contributed by atoms with Crippen molar-refractivity contribution in [3.63, 3.8) is 0 Å². The number of pyridine rings is 1. The third-order valence-corrected chi connectivity index (χ3v) is 3.92. The van der Waals surface area contributed by atoms with Crippen LogP contribution in [0.25, 0.3) is 0 Å². The van der Waals surface area contributed by atoms with Gasteiger partial charge in [-0.05, 0) is 58.8 Å². The fourth-order valence-corrected chi connectivity index (χ4v) is 2.35. The Morgan fingerprint density at radius 3 is 2.42 bits per heavy atom. The maximum Gasteiger partial charge on any atom is 0.141 e. The van der Waals surface area contributed by atoms with Gasteiger partial charge in [-0.3, -0.25) is 4.98 Å². The van der Waals surface area contributed by atoms with Crippen LogP contribution in [0.4, 0.5) is 4.39 Å². The van der Waals surface area contributed by atoms with E-state index in [-0.39, 0.29) is 0 Å². The molecule has 1 aromatic carbocycles. The quantitative estimate of drug-likeness (QED) is 0.833. The Kier molecular flexibility index (Phi) is 4.52. The van der Waals surface area contributed by atoms with Gasteiger partial charge in [0, 0.05) is 9.99 Å². The number of hydrogen-bond acceptors (Lipinski definition) is 2. The summed E-state index contributed by atoms with van der Waals surface area (Å²) >= 11 is 2.24. The van der Waals surface area contributed by atoms with Gasteiger partial charge in [-0.2, -0.15) is 0 Å². The largest absolute Gasteiger partial charge is 0.383 e. The van der Waals surface area contributed by atoms with Crippen LogP contribution in [0.5, 0.6) is 0 Å². The molecule has 1 aromatic heterocycles. The van der Waals surface area contributed by atoms with Crippen LogP contribution in [0, 0.1) is 9.39 Å². The number of nitrogens with zero attached hydrogens (tertiary/aromatic N) is 1. The van der Waals surface area contributed by atoms with E-state index < -0.39 is 11.4 Å². The Morgan fingerprint density at radius 1 is 1.21 bits per heavy atom. The summed E-state index contributed by atoms with van der Waals surface area (Å²) in [6, 6.07) is 10.9. The van der Waals surface area contributed by atoms with E-state index in [2.05, 4.69) is 27.6 Å². The molecule has 0 saturated heterocycles. The Hall–Kier alpha value is -1.01. The Bertz CT molecular complexity index is 541. The summed E-state index contributed by atoms with van der Waals surface area (Å²) in [7, 11) is 0.